The molecule has 4 nitrogen and oxygen atoms in total. The van der Waals surface area contributed by atoms with Gasteiger partial charge in [-0.15, -0.1) is 11.8 Å². The van der Waals surface area contributed by atoms with E-state index in [0.717, 1.165) is 37.8 Å². The Hall–Kier alpha value is -0.910. The molecule has 0 aromatic heterocycles. The van der Waals surface area contributed by atoms with Gasteiger partial charge in [0, 0.05) is 24.6 Å². The van der Waals surface area contributed by atoms with E-state index in [1.54, 1.807) is 11.8 Å². The summed E-state index contributed by atoms with van der Waals surface area (Å²) < 4.78 is 16.5. The van der Waals surface area contributed by atoms with Crippen LogP contribution in [0, 0.1) is 0 Å². The van der Waals surface area contributed by atoms with Crippen molar-refractivity contribution in [2.75, 3.05) is 39.2 Å². The lowest BCUT2D eigenvalue weighted by atomic mass is 10.2. The lowest BCUT2D eigenvalue weighted by molar-refractivity contribution is 0.149. The average molecular weight is 283 g/mol. The minimum absolute atomic E-state index is 0.628. The van der Waals surface area contributed by atoms with Gasteiger partial charge in [-0.1, -0.05) is 0 Å². The van der Waals surface area contributed by atoms with E-state index < -0.39 is 0 Å². The number of ether oxygens (including phenoxy) is 3. The molecule has 106 valence electrons. The lowest BCUT2D eigenvalue weighted by Gasteiger charge is -2.21. The number of hydrogen-bond donors (Lipinski definition) is 1. The Morgan fingerprint density at radius 2 is 2.00 bits per heavy atom. The maximum Gasteiger partial charge on any atom is 0.162 e. The predicted molar refractivity (Wildman–Crippen MR) is 77.4 cm³/mol. The second kappa shape index (κ2) is 7.62. The van der Waals surface area contributed by atoms with Crippen LogP contribution in [0.5, 0.6) is 11.5 Å². The summed E-state index contributed by atoms with van der Waals surface area (Å²) in [5, 5.41) is 3.38. The van der Waals surface area contributed by atoms with Gasteiger partial charge in [0.05, 0.1) is 6.61 Å². The molecule has 0 saturated heterocycles. The summed E-state index contributed by atoms with van der Waals surface area (Å²) in [6, 6.07) is 4.15. The fourth-order valence-corrected chi connectivity index (χ4v) is 2.57. The van der Waals surface area contributed by atoms with Gasteiger partial charge in [-0.3, -0.25) is 0 Å². The van der Waals surface area contributed by atoms with Crippen molar-refractivity contribution < 1.29 is 14.2 Å². The molecule has 5 heteroatoms. The molecular formula is C14H21NO3S. The van der Waals surface area contributed by atoms with Crippen LogP contribution in [0.4, 0.5) is 0 Å². The first-order valence-electron chi connectivity index (χ1n) is 6.60. The van der Waals surface area contributed by atoms with Crippen molar-refractivity contribution in [3.05, 3.63) is 17.7 Å². The highest BCUT2D eigenvalue weighted by molar-refractivity contribution is 7.98. The monoisotopic (exact) mass is 283 g/mol. The molecule has 1 aliphatic rings. The van der Waals surface area contributed by atoms with Crippen LogP contribution < -0.4 is 14.8 Å². The summed E-state index contributed by atoms with van der Waals surface area (Å²) in [6.07, 6.45) is 2.08. The molecule has 0 spiro atoms. The minimum Gasteiger partial charge on any atom is -0.486 e. The van der Waals surface area contributed by atoms with Crippen LogP contribution in [0.3, 0.4) is 0 Å². The van der Waals surface area contributed by atoms with Crippen LogP contribution in [-0.4, -0.2) is 39.2 Å². The molecule has 0 radical (unpaired) electrons. The molecule has 0 atom stereocenters. The molecule has 0 fully saturated rings. The quantitative estimate of drug-likeness (QED) is 0.614. The Bertz CT molecular complexity index is 412. The van der Waals surface area contributed by atoms with Gasteiger partial charge in [0.15, 0.2) is 11.5 Å². The fourth-order valence-electron chi connectivity index (χ4n) is 1.95. The van der Waals surface area contributed by atoms with Gasteiger partial charge in [-0.05, 0) is 30.9 Å². The zero-order chi connectivity index (χ0) is 13.5. The Labute approximate surface area is 118 Å². The summed E-state index contributed by atoms with van der Waals surface area (Å²) in [4.78, 5) is 1.23. The van der Waals surface area contributed by atoms with Crippen molar-refractivity contribution in [3.8, 4) is 11.5 Å². The average Bonchev–Trinajstić information content (AvgIpc) is 2.46. The molecule has 1 N–H and O–H groups in total. The number of benzene rings is 1. The van der Waals surface area contributed by atoms with Crippen molar-refractivity contribution in [1.29, 1.82) is 0 Å². The highest BCUT2D eigenvalue weighted by Crippen LogP contribution is 2.36. The van der Waals surface area contributed by atoms with Gasteiger partial charge in [0.2, 0.25) is 0 Å². The van der Waals surface area contributed by atoms with Crippen LogP contribution in [0.25, 0.3) is 0 Å². The van der Waals surface area contributed by atoms with E-state index in [4.69, 9.17) is 14.2 Å². The van der Waals surface area contributed by atoms with Crippen molar-refractivity contribution in [2.45, 2.75) is 18.4 Å². The lowest BCUT2D eigenvalue weighted by Crippen LogP contribution is -2.20. The molecule has 1 heterocycles. The highest BCUT2D eigenvalue weighted by atomic mass is 32.2. The summed E-state index contributed by atoms with van der Waals surface area (Å²) in [5.41, 5.74) is 1.24. The van der Waals surface area contributed by atoms with Gasteiger partial charge >= 0.3 is 0 Å². The first-order valence-corrected chi connectivity index (χ1v) is 7.82. The normalized spacial score (nSPS) is 13.6. The Kier molecular flexibility index (Phi) is 5.82. The number of hydrogen-bond acceptors (Lipinski definition) is 5. The number of rotatable bonds is 7. The zero-order valence-electron chi connectivity index (χ0n) is 11.5. The molecule has 19 heavy (non-hydrogen) atoms. The van der Waals surface area contributed by atoms with E-state index in [0.29, 0.717) is 13.2 Å². The van der Waals surface area contributed by atoms with E-state index in [1.165, 1.54) is 10.5 Å². The van der Waals surface area contributed by atoms with Crippen molar-refractivity contribution >= 4 is 11.8 Å². The molecule has 0 amide bonds. The smallest absolute Gasteiger partial charge is 0.162 e. The van der Waals surface area contributed by atoms with Crippen LogP contribution >= 0.6 is 11.8 Å². The van der Waals surface area contributed by atoms with Crippen LogP contribution in [0.15, 0.2) is 17.0 Å². The molecule has 0 aliphatic carbocycles. The molecular weight excluding hydrogens is 262 g/mol. The van der Waals surface area contributed by atoms with Crippen molar-refractivity contribution in [3.63, 3.8) is 0 Å². The van der Waals surface area contributed by atoms with Crippen LogP contribution in [0.1, 0.15) is 12.5 Å². The van der Waals surface area contributed by atoms with Gasteiger partial charge in [-0.25, -0.2) is 0 Å². The van der Waals surface area contributed by atoms with E-state index in [9.17, 15) is 0 Å². The molecule has 2 rings (SSSR count). The molecule has 0 saturated carbocycles. The Balaban J connectivity index is 1.98. The third-order valence-corrected chi connectivity index (χ3v) is 3.71. The number of thioether (sulfide) groups is 1. The fraction of sp³-hybridized carbons (Fsp3) is 0.571. The molecule has 0 bridgehead atoms. The third kappa shape index (κ3) is 4.03. The van der Waals surface area contributed by atoms with Gasteiger partial charge in [0.25, 0.3) is 0 Å². The summed E-state index contributed by atoms with van der Waals surface area (Å²) >= 11 is 1.73. The zero-order valence-corrected chi connectivity index (χ0v) is 12.3. The maximum atomic E-state index is 5.62. The molecule has 1 aliphatic heterocycles. The summed E-state index contributed by atoms with van der Waals surface area (Å²) in [5.74, 6) is 1.71. The molecule has 1 aromatic rings. The first kappa shape index (κ1) is 14.5. The largest absolute Gasteiger partial charge is 0.486 e. The van der Waals surface area contributed by atoms with Crippen molar-refractivity contribution in [1.82, 2.24) is 5.32 Å². The Morgan fingerprint density at radius 1 is 1.26 bits per heavy atom. The third-order valence-electron chi connectivity index (χ3n) is 2.89. The van der Waals surface area contributed by atoms with E-state index in [1.807, 2.05) is 6.92 Å². The predicted octanol–water partition coefficient (Wildman–Crippen LogP) is 2.31. The topological polar surface area (TPSA) is 39.7 Å². The standard InChI is InChI=1S/C14H21NO3S/c1-3-16-5-4-15-10-11-8-12-13(9-14(11)19-2)18-7-6-17-12/h8-9,15H,3-7,10H2,1-2H3. The highest BCUT2D eigenvalue weighted by Gasteiger charge is 2.15. The minimum atomic E-state index is 0.628. The van der Waals surface area contributed by atoms with Gasteiger partial charge in [-0.2, -0.15) is 0 Å². The van der Waals surface area contributed by atoms with Gasteiger partial charge < -0.3 is 19.5 Å². The number of fused-ring (bicyclic) bond motifs is 1. The van der Waals surface area contributed by atoms with E-state index in [-0.39, 0.29) is 0 Å². The number of nitrogens with one attached hydrogen (secondary N) is 1. The second-order valence-electron chi connectivity index (χ2n) is 4.18. The second-order valence-corrected chi connectivity index (χ2v) is 5.03. The summed E-state index contributed by atoms with van der Waals surface area (Å²) in [6.45, 7) is 6.45. The summed E-state index contributed by atoms with van der Waals surface area (Å²) in [7, 11) is 0. The van der Waals surface area contributed by atoms with E-state index >= 15 is 0 Å². The van der Waals surface area contributed by atoms with Crippen LogP contribution in [0.2, 0.25) is 0 Å². The first-order chi connectivity index (χ1) is 9.35. The van der Waals surface area contributed by atoms with Crippen LogP contribution in [-0.2, 0) is 11.3 Å². The van der Waals surface area contributed by atoms with E-state index in [2.05, 4.69) is 23.7 Å². The molecule has 0 unspecified atom stereocenters. The van der Waals surface area contributed by atoms with Gasteiger partial charge in [0.1, 0.15) is 13.2 Å². The SMILES string of the molecule is CCOCCNCc1cc2c(cc1SC)OCCO2. The molecule has 1 aromatic carbocycles. The Morgan fingerprint density at radius 3 is 2.68 bits per heavy atom. The maximum absolute atomic E-state index is 5.62. The van der Waals surface area contributed by atoms with Crippen molar-refractivity contribution in [2.24, 2.45) is 0 Å².